The fourth-order valence-electron chi connectivity index (χ4n) is 2.34. The number of hydrogen-bond donors (Lipinski definition) is 0. The lowest BCUT2D eigenvalue weighted by molar-refractivity contribution is -0.117. The molecule has 102 valence electrons. The molecule has 0 unspecified atom stereocenters. The van der Waals surface area contributed by atoms with E-state index in [0.717, 1.165) is 38.4 Å². The van der Waals surface area contributed by atoms with Crippen LogP contribution < -0.4 is 0 Å². The minimum absolute atomic E-state index is 0.123. The molecule has 0 spiro atoms. The number of aldehydes is 1. The lowest BCUT2D eigenvalue weighted by atomic mass is 9.83. The molecule has 0 aliphatic carbocycles. The zero-order chi connectivity index (χ0) is 13.3. The Kier molecular flexibility index (Phi) is 8.49. The summed E-state index contributed by atoms with van der Waals surface area (Å²) >= 11 is 0. The van der Waals surface area contributed by atoms with Crippen molar-refractivity contribution in [2.45, 2.75) is 60.3 Å². The maximum Gasteiger partial charge on any atom is 0.127 e. The first-order valence-electron chi connectivity index (χ1n) is 7.29. The molecule has 0 saturated heterocycles. The van der Waals surface area contributed by atoms with Crippen molar-refractivity contribution in [3.05, 3.63) is 0 Å². The molecule has 0 aromatic rings. The molecule has 2 heteroatoms. The smallest absolute Gasteiger partial charge is 0.127 e. The summed E-state index contributed by atoms with van der Waals surface area (Å²) < 4.78 is 0. The van der Waals surface area contributed by atoms with Gasteiger partial charge in [0.25, 0.3) is 0 Å². The van der Waals surface area contributed by atoms with Crippen LogP contribution in [0.15, 0.2) is 0 Å². The van der Waals surface area contributed by atoms with E-state index < -0.39 is 0 Å². The monoisotopic (exact) mass is 241 g/mol. The van der Waals surface area contributed by atoms with Crippen molar-refractivity contribution in [3.8, 4) is 0 Å². The van der Waals surface area contributed by atoms with Gasteiger partial charge in [-0.15, -0.1) is 0 Å². The zero-order valence-corrected chi connectivity index (χ0v) is 12.5. The first-order chi connectivity index (χ1) is 8.11. The number of carbonyl (C=O) groups excluding carboxylic acids is 1. The van der Waals surface area contributed by atoms with E-state index in [0.29, 0.717) is 0 Å². The topological polar surface area (TPSA) is 20.3 Å². The van der Waals surface area contributed by atoms with Crippen LogP contribution in [0.25, 0.3) is 0 Å². The summed E-state index contributed by atoms with van der Waals surface area (Å²) in [6, 6.07) is 0. The molecule has 0 bridgehead atoms. The number of carbonyl (C=O) groups is 1. The van der Waals surface area contributed by atoms with Crippen molar-refractivity contribution in [1.29, 1.82) is 0 Å². The van der Waals surface area contributed by atoms with Gasteiger partial charge in [0.1, 0.15) is 6.29 Å². The van der Waals surface area contributed by atoms with Crippen LogP contribution in [-0.2, 0) is 4.79 Å². The Labute approximate surface area is 108 Å². The highest BCUT2D eigenvalue weighted by Gasteiger charge is 2.28. The highest BCUT2D eigenvalue weighted by atomic mass is 16.1. The fraction of sp³-hybridized carbons (Fsp3) is 0.933. The van der Waals surface area contributed by atoms with Crippen molar-refractivity contribution in [2.24, 2.45) is 11.3 Å². The Morgan fingerprint density at radius 3 is 1.88 bits per heavy atom. The summed E-state index contributed by atoms with van der Waals surface area (Å²) in [5, 5.41) is 0. The van der Waals surface area contributed by atoms with Crippen molar-refractivity contribution in [2.75, 3.05) is 19.6 Å². The minimum Gasteiger partial charge on any atom is -0.303 e. The van der Waals surface area contributed by atoms with E-state index in [4.69, 9.17) is 0 Å². The molecule has 0 aliphatic heterocycles. The summed E-state index contributed by atoms with van der Waals surface area (Å²) in [7, 11) is 0. The van der Waals surface area contributed by atoms with Crippen molar-refractivity contribution in [3.63, 3.8) is 0 Å². The van der Waals surface area contributed by atoms with Crippen LogP contribution in [0, 0.1) is 11.3 Å². The highest BCUT2D eigenvalue weighted by molar-refractivity contribution is 5.59. The first kappa shape index (κ1) is 16.6. The molecule has 0 saturated carbocycles. The van der Waals surface area contributed by atoms with E-state index in [9.17, 15) is 4.79 Å². The Bertz CT molecular complexity index is 195. The van der Waals surface area contributed by atoms with Gasteiger partial charge in [-0.05, 0) is 25.3 Å². The van der Waals surface area contributed by atoms with Gasteiger partial charge in [0.05, 0.1) is 0 Å². The quantitative estimate of drug-likeness (QED) is 0.543. The molecule has 0 rings (SSSR count). The van der Waals surface area contributed by atoms with Crippen LogP contribution >= 0.6 is 0 Å². The SMILES string of the molecule is CCC(CC)CN(CC)CC(C=O)(CC)CC. The second-order valence-electron chi connectivity index (χ2n) is 5.20. The van der Waals surface area contributed by atoms with Gasteiger partial charge in [-0.25, -0.2) is 0 Å². The molecule has 0 atom stereocenters. The van der Waals surface area contributed by atoms with Gasteiger partial charge < -0.3 is 9.69 Å². The normalized spacial score (nSPS) is 12.4. The zero-order valence-electron chi connectivity index (χ0n) is 12.5. The van der Waals surface area contributed by atoms with Crippen molar-refractivity contribution in [1.82, 2.24) is 4.90 Å². The summed E-state index contributed by atoms with van der Waals surface area (Å²) in [5.74, 6) is 0.771. The molecular formula is C15H31NO. The van der Waals surface area contributed by atoms with Crippen molar-refractivity contribution >= 4 is 6.29 Å². The third kappa shape index (κ3) is 5.20. The molecule has 0 heterocycles. The lowest BCUT2D eigenvalue weighted by Gasteiger charge is -2.34. The molecule has 0 aliphatic rings. The second-order valence-corrected chi connectivity index (χ2v) is 5.20. The average molecular weight is 241 g/mol. The standard InChI is InChI=1S/C15H31NO/c1-6-14(7-2)11-16(10-5)12-15(8-3,9-4)13-17/h13-14H,6-12H2,1-5H3. The predicted octanol–water partition coefficient (Wildman–Crippen LogP) is 3.75. The fourth-order valence-corrected chi connectivity index (χ4v) is 2.34. The van der Waals surface area contributed by atoms with E-state index >= 15 is 0 Å². The number of hydrogen-bond acceptors (Lipinski definition) is 2. The van der Waals surface area contributed by atoms with Gasteiger partial charge >= 0.3 is 0 Å². The lowest BCUT2D eigenvalue weighted by Crippen LogP contribution is -2.40. The maximum absolute atomic E-state index is 11.3. The molecule has 2 nitrogen and oxygen atoms in total. The molecule has 0 aromatic heterocycles. The predicted molar refractivity (Wildman–Crippen MR) is 75.3 cm³/mol. The third-order valence-electron chi connectivity index (χ3n) is 4.32. The number of nitrogens with zero attached hydrogens (tertiary/aromatic N) is 1. The third-order valence-corrected chi connectivity index (χ3v) is 4.32. The molecule has 0 fully saturated rings. The Hall–Kier alpha value is -0.370. The second kappa shape index (κ2) is 8.68. The molecular weight excluding hydrogens is 210 g/mol. The van der Waals surface area contributed by atoms with Gasteiger partial charge in [-0.2, -0.15) is 0 Å². The van der Waals surface area contributed by atoms with E-state index in [1.165, 1.54) is 19.1 Å². The van der Waals surface area contributed by atoms with Gasteiger partial charge in [-0.3, -0.25) is 0 Å². The highest BCUT2D eigenvalue weighted by Crippen LogP contribution is 2.25. The van der Waals surface area contributed by atoms with Crippen LogP contribution in [0.4, 0.5) is 0 Å². The van der Waals surface area contributed by atoms with Gasteiger partial charge in [0.2, 0.25) is 0 Å². The van der Waals surface area contributed by atoms with Crippen LogP contribution in [0.5, 0.6) is 0 Å². The summed E-state index contributed by atoms with van der Waals surface area (Å²) in [5.41, 5.74) is -0.123. The summed E-state index contributed by atoms with van der Waals surface area (Å²) in [6.07, 6.45) is 5.56. The van der Waals surface area contributed by atoms with Crippen LogP contribution in [0.1, 0.15) is 60.3 Å². The summed E-state index contributed by atoms with van der Waals surface area (Å²) in [6.45, 7) is 14.1. The van der Waals surface area contributed by atoms with Crippen LogP contribution in [0.2, 0.25) is 0 Å². The van der Waals surface area contributed by atoms with Gasteiger partial charge in [0, 0.05) is 18.5 Å². The Balaban J connectivity index is 4.50. The van der Waals surface area contributed by atoms with E-state index in [-0.39, 0.29) is 5.41 Å². The van der Waals surface area contributed by atoms with Gasteiger partial charge in [0.15, 0.2) is 0 Å². The molecule has 0 amide bonds. The maximum atomic E-state index is 11.3. The molecule has 0 aromatic carbocycles. The molecule has 0 N–H and O–H groups in total. The van der Waals surface area contributed by atoms with Crippen molar-refractivity contribution < 1.29 is 4.79 Å². The van der Waals surface area contributed by atoms with Gasteiger partial charge in [-0.1, -0.05) is 47.5 Å². The van der Waals surface area contributed by atoms with Crippen LogP contribution in [0.3, 0.4) is 0 Å². The van der Waals surface area contributed by atoms with Crippen LogP contribution in [-0.4, -0.2) is 30.8 Å². The first-order valence-corrected chi connectivity index (χ1v) is 7.29. The van der Waals surface area contributed by atoms with E-state index in [1.807, 2.05) is 0 Å². The Morgan fingerprint density at radius 2 is 1.59 bits per heavy atom. The molecule has 17 heavy (non-hydrogen) atoms. The van der Waals surface area contributed by atoms with E-state index in [2.05, 4.69) is 39.5 Å². The Morgan fingerprint density at radius 1 is 1.06 bits per heavy atom. The number of rotatable bonds is 10. The largest absolute Gasteiger partial charge is 0.303 e. The minimum atomic E-state index is -0.123. The molecule has 0 radical (unpaired) electrons. The van der Waals surface area contributed by atoms with E-state index in [1.54, 1.807) is 0 Å². The average Bonchev–Trinajstić information content (AvgIpc) is 2.40. The summed E-state index contributed by atoms with van der Waals surface area (Å²) in [4.78, 5) is 13.8.